The number of ether oxygens (including phenoxy) is 3. The van der Waals surface area contributed by atoms with E-state index in [-0.39, 0.29) is 0 Å². The number of hydrogen-bond acceptors (Lipinski definition) is 5. The summed E-state index contributed by atoms with van der Waals surface area (Å²) in [7, 11) is 1.65. The molecule has 1 aliphatic rings. The molecule has 21 heavy (non-hydrogen) atoms. The number of nitrogens with zero attached hydrogens (tertiary/aromatic N) is 1. The maximum absolute atomic E-state index is 5.89. The van der Waals surface area contributed by atoms with Gasteiger partial charge < -0.3 is 19.1 Å². The molecular formula is C15H21NO3S2. The Hall–Kier alpha value is -0.980. The smallest absolute Gasteiger partial charge is 0.133 e. The van der Waals surface area contributed by atoms with E-state index in [1.165, 1.54) is 0 Å². The predicted octanol–water partition coefficient (Wildman–Crippen LogP) is 2.44. The SMILES string of the molecule is COc1ccc(C(=S)N2CCOCC2)c(OCCSC)c1. The number of thiocarbonyl (C=S) groups is 1. The van der Waals surface area contributed by atoms with E-state index in [0.717, 1.165) is 54.1 Å². The van der Waals surface area contributed by atoms with E-state index in [2.05, 4.69) is 11.2 Å². The molecule has 0 amide bonds. The Bertz CT molecular complexity index is 476. The van der Waals surface area contributed by atoms with Crippen LogP contribution >= 0.6 is 24.0 Å². The first-order chi connectivity index (χ1) is 10.3. The molecule has 1 aromatic carbocycles. The van der Waals surface area contributed by atoms with Gasteiger partial charge in [0.05, 0.1) is 32.5 Å². The fourth-order valence-electron chi connectivity index (χ4n) is 2.10. The molecule has 1 aromatic rings. The van der Waals surface area contributed by atoms with Gasteiger partial charge in [0.1, 0.15) is 16.5 Å². The van der Waals surface area contributed by atoms with E-state index in [1.54, 1.807) is 18.9 Å². The summed E-state index contributed by atoms with van der Waals surface area (Å²) >= 11 is 7.39. The van der Waals surface area contributed by atoms with Crippen molar-refractivity contribution < 1.29 is 14.2 Å². The molecule has 0 saturated carbocycles. The number of morpholine rings is 1. The van der Waals surface area contributed by atoms with Gasteiger partial charge in [0.15, 0.2) is 0 Å². The molecular weight excluding hydrogens is 306 g/mol. The van der Waals surface area contributed by atoms with Gasteiger partial charge in [-0.15, -0.1) is 0 Å². The van der Waals surface area contributed by atoms with E-state index < -0.39 is 0 Å². The highest BCUT2D eigenvalue weighted by Gasteiger charge is 2.19. The largest absolute Gasteiger partial charge is 0.497 e. The third-order valence-corrected chi connectivity index (χ3v) is 4.32. The standard InChI is InChI=1S/C15H21NO3S2/c1-17-12-3-4-13(14(11-12)19-9-10-21-2)15(20)16-5-7-18-8-6-16/h3-4,11H,5-10H2,1-2H3. The van der Waals surface area contributed by atoms with Crippen molar-refractivity contribution >= 4 is 29.0 Å². The van der Waals surface area contributed by atoms with Crippen LogP contribution in [0, 0.1) is 0 Å². The zero-order chi connectivity index (χ0) is 15.1. The van der Waals surface area contributed by atoms with Gasteiger partial charge in [-0.1, -0.05) is 12.2 Å². The summed E-state index contributed by atoms with van der Waals surface area (Å²) < 4.78 is 16.5. The van der Waals surface area contributed by atoms with Crippen LogP contribution in [0.5, 0.6) is 11.5 Å². The van der Waals surface area contributed by atoms with Crippen molar-refractivity contribution in [1.29, 1.82) is 0 Å². The molecule has 1 fully saturated rings. The lowest BCUT2D eigenvalue weighted by atomic mass is 10.1. The molecule has 0 bridgehead atoms. The highest BCUT2D eigenvalue weighted by Crippen LogP contribution is 2.27. The molecule has 116 valence electrons. The Morgan fingerprint density at radius 2 is 2.14 bits per heavy atom. The molecule has 2 rings (SSSR count). The quantitative estimate of drug-likeness (QED) is 0.589. The van der Waals surface area contributed by atoms with Crippen molar-refractivity contribution in [1.82, 2.24) is 4.90 Å². The zero-order valence-corrected chi connectivity index (χ0v) is 14.1. The van der Waals surface area contributed by atoms with Gasteiger partial charge in [-0.2, -0.15) is 11.8 Å². The Morgan fingerprint density at radius 1 is 1.38 bits per heavy atom. The molecule has 0 radical (unpaired) electrons. The lowest BCUT2D eigenvalue weighted by Gasteiger charge is -2.30. The first-order valence-electron chi connectivity index (χ1n) is 6.93. The fourth-order valence-corrected chi connectivity index (χ4v) is 2.70. The molecule has 4 nitrogen and oxygen atoms in total. The molecule has 1 heterocycles. The Labute approximate surface area is 135 Å². The molecule has 1 saturated heterocycles. The van der Waals surface area contributed by atoms with Crippen LogP contribution in [0.25, 0.3) is 0 Å². The van der Waals surface area contributed by atoms with Crippen LogP contribution in [-0.4, -0.2) is 61.9 Å². The molecule has 0 atom stereocenters. The van der Waals surface area contributed by atoms with Crippen molar-refractivity contribution in [3.63, 3.8) is 0 Å². The Morgan fingerprint density at radius 3 is 2.81 bits per heavy atom. The fraction of sp³-hybridized carbons (Fsp3) is 0.533. The van der Waals surface area contributed by atoms with Crippen molar-refractivity contribution in [3.05, 3.63) is 23.8 Å². The van der Waals surface area contributed by atoms with Crippen LogP contribution < -0.4 is 9.47 Å². The first-order valence-corrected chi connectivity index (χ1v) is 8.73. The maximum atomic E-state index is 5.89. The number of hydrogen-bond donors (Lipinski definition) is 0. The van der Waals surface area contributed by atoms with Gasteiger partial charge in [0.2, 0.25) is 0 Å². The highest BCUT2D eigenvalue weighted by molar-refractivity contribution is 7.98. The highest BCUT2D eigenvalue weighted by atomic mass is 32.2. The average Bonchev–Trinajstić information content (AvgIpc) is 2.55. The topological polar surface area (TPSA) is 30.9 Å². The summed E-state index contributed by atoms with van der Waals surface area (Å²) in [6.45, 7) is 3.76. The molecule has 0 spiro atoms. The van der Waals surface area contributed by atoms with E-state index in [1.807, 2.05) is 18.2 Å². The summed E-state index contributed by atoms with van der Waals surface area (Å²) in [4.78, 5) is 2.99. The van der Waals surface area contributed by atoms with E-state index >= 15 is 0 Å². The first kappa shape index (κ1) is 16.4. The van der Waals surface area contributed by atoms with Crippen molar-refractivity contribution in [2.45, 2.75) is 0 Å². The van der Waals surface area contributed by atoms with Gasteiger partial charge in [0.25, 0.3) is 0 Å². The number of benzene rings is 1. The van der Waals surface area contributed by atoms with Crippen LogP contribution in [0.2, 0.25) is 0 Å². The van der Waals surface area contributed by atoms with Crippen LogP contribution in [0.15, 0.2) is 18.2 Å². The van der Waals surface area contributed by atoms with Gasteiger partial charge in [0, 0.05) is 24.9 Å². The third kappa shape index (κ3) is 4.49. The van der Waals surface area contributed by atoms with Gasteiger partial charge in [-0.05, 0) is 18.4 Å². The number of thioether (sulfide) groups is 1. The number of methoxy groups -OCH3 is 1. The second-order valence-corrected chi connectivity index (χ2v) is 5.98. The molecule has 1 aliphatic heterocycles. The maximum Gasteiger partial charge on any atom is 0.133 e. The summed E-state index contributed by atoms with van der Waals surface area (Å²) in [5.41, 5.74) is 0.953. The van der Waals surface area contributed by atoms with Crippen LogP contribution in [0.3, 0.4) is 0 Å². The lowest BCUT2D eigenvalue weighted by Crippen LogP contribution is -2.40. The van der Waals surface area contributed by atoms with Gasteiger partial charge >= 0.3 is 0 Å². The van der Waals surface area contributed by atoms with Crippen LogP contribution in [0.1, 0.15) is 5.56 Å². The van der Waals surface area contributed by atoms with Gasteiger partial charge in [-0.25, -0.2) is 0 Å². The molecule has 6 heteroatoms. The predicted molar refractivity (Wildman–Crippen MR) is 91.0 cm³/mol. The molecule has 0 aliphatic carbocycles. The van der Waals surface area contributed by atoms with Crippen LogP contribution in [-0.2, 0) is 4.74 Å². The third-order valence-electron chi connectivity index (χ3n) is 3.26. The molecule has 0 aromatic heterocycles. The number of rotatable bonds is 6. The van der Waals surface area contributed by atoms with E-state index in [0.29, 0.717) is 6.61 Å². The Balaban J connectivity index is 2.17. The second kappa shape index (κ2) is 8.46. The summed E-state index contributed by atoms with van der Waals surface area (Å²) in [5, 5.41) is 0. The second-order valence-electron chi connectivity index (χ2n) is 4.61. The minimum atomic E-state index is 0.660. The van der Waals surface area contributed by atoms with Gasteiger partial charge in [-0.3, -0.25) is 0 Å². The minimum Gasteiger partial charge on any atom is -0.497 e. The van der Waals surface area contributed by atoms with Crippen molar-refractivity contribution in [2.24, 2.45) is 0 Å². The molecule has 0 N–H and O–H groups in total. The summed E-state index contributed by atoms with van der Waals surface area (Å²) in [5.74, 6) is 2.52. The Kier molecular flexibility index (Phi) is 6.60. The summed E-state index contributed by atoms with van der Waals surface area (Å²) in [6.07, 6.45) is 2.06. The minimum absolute atomic E-state index is 0.660. The van der Waals surface area contributed by atoms with Crippen molar-refractivity contribution in [2.75, 3.05) is 52.0 Å². The zero-order valence-electron chi connectivity index (χ0n) is 12.5. The van der Waals surface area contributed by atoms with Crippen molar-refractivity contribution in [3.8, 4) is 11.5 Å². The average molecular weight is 327 g/mol. The monoisotopic (exact) mass is 327 g/mol. The van der Waals surface area contributed by atoms with E-state index in [4.69, 9.17) is 26.4 Å². The van der Waals surface area contributed by atoms with Crippen LogP contribution in [0.4, 0.5) is 0 Å². The molecule has 0 unspecified atom stereocenters. The van der Waals surface area contributed by atoms with E-state index in [9.17, 15) is 0 Å². The normalized spacial score (nSPS) is 14.9. The summed E-state index contributed by atoms with van der Waals surface area (Å²) in [6, 6.07) is 5.80. The lowest BCUT2D eigenvalue weighted by molar-refractivity contribution is 0.0692.